The van der Waals surface area contributed by atoms with Crippen LogP contribution >= 0.6 is 20.4 Å². The minimum absolute atomic E-state index is 0.332. The van der Waals surface area contributed by atoms with Gasteiger partial charge in [-0.05, 0) is 0 Å². The molecule has 62 valence electrons. The molecule has 0 atom stereocenters. The number of halogens is 3. The third-order valence-electron chi connectivity index (χ3n) is 1.31. The summed E-state index contributed by atoms with van der Waals surface area (Å²) in [6, 6.07) is 4.41. The number of rotatable bonds is 1. The summed E-state index contributed by atoms with van der Waals surface area (Å²) in [6.07, 6.45) is 0. The van der Waals surface area contributed by atoms with E-state index in [4.69, 9.17) is 0 Å². The molecule has 1 aromatic carbocycles. The fourth-order valence-electron chi connectivity index (χ4n) is 0.842. The number of alkyl halides is 1. The summed E-state index contributed by atoms with van der Waals surface area (Å²) >= 11 is -2.48. The van der Waals surface area contributed by atoms with Gasteiger partial charge in [0.1, 0.15) is 0 Å². The molecule has 0 nitrogen and oxygen atoms in total. The van der Waals surface area contributed by atoms with Crippen molar-refractivity contribution >= 4 is 20.4 Å². The van der Waals surface area contributed by atoms with Crippen LogP contribution < -0.4 is 0 Å². The van der Waals surface area contributed by atoms with Crippen LogP contribution in [0.3, 0.4) is 0 Å². The second kappa shape index (κ2) is 3.47. The molecular weight excluding hydrogens is 261 g/mol. The van der Waals surface area contributed by atoms with Crippen LogP contribution in [0.1, 0.15) is 5.56 Å². The molecule has 0 fully saturated rings. The van der Waals surface area contributed by atoms with E-state index in [1.807, 2.05) is 0 Å². The zero-order chi connectivity index (χ0) is 8.43. The molecule has 0 aliphatic rings. The molecule has 0 saturated carbocycles. The van der Waals surface area contributed by atoms with E-state index in [2.05, 4.69) is 0 Å². The van der Waals surface area contributed by atoms with Crippen LogP contribution in [0.5, 0.6) is 0 Å². The molecule has 0 unspecified atom stereocenters. The summed E-state index contributed by atoms with van der Waals surface area (Å²) in [6.45, 7) is 1.77. The molecule has 0 aromatic heterocycles. The normalized spacial score (nSPS) is 11.5. The van der Waals surface area contributed by atoms with Crippen molar-refractivity contribution < 1.29 is 7.25 Å². The van der Waals surface area contributed by atoms with Gasteiger partial charge in [0.2, 0.25) is 0 Å². The molecule has 0 aliphatic heterocycles. The van der Waals surface area contributed by atoms with Gasteiger partial charge in [0.05, 0.1) is 0 Å². The van der Waals surface area contributed by atoms with E-state index >= 15 is 0 Å². The van der Waals surface area contributed by atoms with E-state index in [0.29, 0.717) is 3.57 Å². The van der Waals surface area contributed by atoms with E-state index in [-0.39, 0.29) is 5.82 Å². The SMILES string of the molecule is Cc1cc(F)cc(I(C)F)c1. The Morgan fingerprint density at radius 3 is 2.36 bits per heavy atom. The molecule has 1 rings (SSSR count). The van der Waals surface area contributed by atoms with Crippen molar-refractivity contribution in [1.29, 1.82) is 0 Å². The zero-order valence-electron chi connectivity index (χ0n) is 6.37. The average molecular weight is 270 g/mol. The first kappa shape index (κ1) is 8.90. The maximum atomic E-state index is 12.8. The van der Waals surface area contributed by atoms with Gasteiger partial charge in [0.25, 0.3) is 0 Å². The van der Waals surface area contributed by atoms with Gasteiger partial charge in [0, 0.05) is 0 Å². The molecule has 0 radical (unpaired) electrons. The Balaban J connectivity index is 3.08. The Kier molecular flexibility index (Phi) is 2.81. The molecule has 1 aromatic rings. The second-order valence-electron chi connectivity index (χ2n) is 2.35. The summed E-state index contributed by atoms with van der Waals surface area (Å²) in [5.41, 5.74) is 0.793. The Hall–Kier alpha value is -0.190. The molecule has 0 heterocycles. The van der Waals surface area contributed by atoms with Crippen LogP contribution in [0.15, 0.2) is 18.2 Å². The molecule has 11 heavy (non-hydrogen) atoms. The first-order valence-electron chi connectivity index (χ1n) is 3.13. The van der Waals surface area contributed by atoms with Crippen molar-refractivity contribution in [2.45, 2.75) is 6.92 Å². The van der Waals surface area contributed by atoms with Crippen molar-refractivity contribution in [3.8, 4) is 0 Å². The van der Waals surface area contributed by atoms with Crippen molar-refractivity contribution in [2.24, 2.45) is 0 Å². The van der Waals surface area contributed by atoms with Crippen molar-refractivity contribution in [1.82, 2.24) is 0 Å². The molecule has 0 saturated heterocycles. The topological polar surface area (TPSA) is 0 Å². The fraction of sp³-hybridized carbons (Fsp3) is 0.250. The standard InChI is InChI=1S/C8H9F2I/c1-6-3-7(9)5-8(4-6)11(2)10/h3-5H,1-2H3. The quantitative estimate of drug-likeness (QED) is 0.542. The molecule has 0 spiro atoms. The predicted molar refractivity (Wildman–Crippen MR) is 50.9 cm³/mol. The number of aryl methyl sites for hydroxylation is 1. The summed E-state index contributed by atoms with van der Waals surface area (Å²) in [5, 5.41) is 0. The van der Waals surface area contributed by atoms with Crippen molar-refractivity contribution in [3.05, 3.63) is 33.1 Å². The maximum absolute atomic E-state index is 12.8. The molecule has 0 aliphatic carbocycles. The molecule has 0 N–H and O–H groups in total. The van der Waals surface area contributed by atoms with E-state index in [1.54, 1.807) is 17.9 Å². The monoisotopic (exact) mass is 270 g/mol. The Bertz CT molecular complexity index is 238. The summed E-state index contributed by atoms with van der Waals surface area (Å²) in [7, 11) is 0. The second-order valence-corrected chi connectivity index (χ2v) is 5.90. The van der Waals surface area contributed by atoms with Crippen LogP contribution in [0.25, 0.3) is 0 Å². The third kappa shape index (κ3) is 2.39. The summed E-state index contributed by atoms with van der Waals surface area (Å²) in [4.78, 5) is 1.55. The van der Waals surface area contributed by atoms with Crippen LogP contribution in [-0.4, -0.2) is 4.93 Å². The molecule has 0 bridgehead atoms. The van der Waals surface area contributed by atoms with E-state index in [1.165, 1.54) is 12.1 Å². The Morgan fingerprint density at radius 1 is 1.27 bits per heavy atom. The van der Waals surface area contributed by atoms with Gasteiger partial charge in [0.15, 0.2) is 0 Å². The van der Waals surface area contributed by atoms with Crippen molar-refractivity contribution in [2.75, 3.05) is 4.93 Å². The van der Waals surface area contributed by atoms with Gasteiger partial charge in [-0.15, -0.1) is 0 Å². The number of benzene rings is 1. The van der Waals surface area contributed by atoms with E-state index in [0.717, 1.165) is 5.56 Å². The van der Waals surface area contributed by atoms with E-state index in [9.17, 15) is 7.25 Å². The molecule has 0 amide bonds. The van der Waals surface area contributed by atoms with Crippen LogP contribution in [0, 0.1) is 16.3 Å². The zero-order valence-corrected chi connectivity index (χ0v) is 8.52. The first-order valence-corrected chi connectivity index (χ1v) is 7.18. The van der Waals surface area contributed by atoms with Crippen LogP contribution in [-0.2, 0) is 0 Å². The van der Waals surface area contributed by atoms with Gasteiger partial charge in [-0.2, -0.15) is 0 Å². The Labute approximate surface area is 72.8 Å². The van der Waals surface area contributed by atoms with Crippen LogP contribution in [0.2, 0.25) is 0 Å². The van der Waals surface area contributed by atoms with Gasteiger partial charge in [-0.25, -0.2) is 0 Å². The van der Waals surface area contributed by atoms with Gasteiger partial charge in [-0.1, -0.05) is 0 Å². The van der Waals surface area contributed by atoms with Gasteiger partial charge < -0.3 is 0 Å². The van der Waals surface area contributed by atoms with Crippen molar-refractivity contribution in [3.63, 3.8) is 0 Å². The molecular formula is C8H9F2I. The predicted octanol–water partition coefficient (Wildman–Crippen LogP) is 3.32. The first-order chi connectivity index (χ1) is 5.09. The number of hydrogen-bond acceptors (Lipinski definition) is 0. The van der Waals surface area contributed by atoms with Gasteiger partial charge >= 0.3 is 72.6 Å². The molecule has 3 heteroatoms. The fourth-order valence-corrected chi connectivity index (χ4v) is 2.49. The van der Waals surface area contributed by atoms with E-state index < -0.39 is 20.4 Å². The average Bonchev–Trinajstić information content (AvgIpc) is 1.85. The van der Waals surface area contributed by atoms with Gasteiger partial charge in [-0.3, -0.25) is 0 Å². The van der Waals surface area contributed by atoms with Crippen LogP contribution in [0.4, 0.5) is 7.25 Å². The number of hydrogen-bond donors (Lipinski definition) is 0. The summed E-state index contributed by atoms with van der Waals surface area (Å²) in [5.74, 6) is -0.332. The Morgan fingerprint density at radius 2 is 1.91 bits per heavy atom. The third-order valence-corrected chi connectivity index (χ3v) is 3.65. The summed E-state index contributed by atoms with van der Waals surface area (Å²) < 4.78 is 26.0. The minimum atomic E-state index is -2.48.